The summed E-state index contributed by atoms with van der Waals surface area (Å²) in [4.78, 5) is 15.5. The van der Waals surface area contributed by atoms with Crippen LogP contribution in [0.25, 0.3) is 0 Å². The van der Waals surface area contributed by atoms with Crippen molar-refractivity contribution in [3.05, 3.63) is 23.4 Å². The Kier molecular flexibility index (Phi) is 4.34. The summed E-state index contributed by atoms with van der Waals surface area (Å²) >= 11 is 0. The summed E-state index contributed by atoms with van der Waals surface area (Å²) in [6.45, 7) is 5.70. The van der Waals surface area contributed by atoms with E-state index in [-0.39, 0.29) is 18.1 Å². The maximum absolute atomic E-state index is 11.4. The number of amides is 1. The number of carbonyl (C=O) groups is 1. The molecule has 0 radical (unpaired) electrons. The van der Waals surface area contributed by atoms with E-state index in [1.165, 1.54) is 0 Å². The number of rotatable bonds is 4. The molecule has 2 unspecified atom stereocenters. The van der Waals surface area contributed by atoms with Crippen LogP contribution in [0.4, 0.5) is 0 Å². The third-order valence-corrected chi connectivity index (χ3v) is 3.01. The molecular formula is C13H19N3O3. The molecule has 1 fully saturated rings. The molecule has 0 aliphatic carbocycles. The van der Waals surface area contributed by atoms with Gasteiger partial charge < -0.3 is 20.5 Å². The number of primary amides is 1. The normalized spacial score (nSPS) is 23.1. The number of nitrogens with two attached hydrogens (primary N) is 1. The van der Waals surface area contributed by atoms with E-state index >= 15 is 0 Å². The van der Waals surface area contributed by atoms with Gasteiger partial charge in [-0.1, -0.05) is 0 Å². The molecule has 1 saturated heterocycles. The average molecular weight is 265 g/mol. The molecule has 2 heterocycles. The summed E-state index contributed by atoms with van der Waals surface area (Å²) in [6.07, 6.45) is 1.70. The highest BCUT2D eigenvalue weighted by Gasteiger charge is 2.21. The molecule has 1 aliphatic heterocycles. The summed E-state index contributed by atoms with van der Waals surface area (Å²) in [7, 11) is 0. The van der Waals surface area contributed by atoms with Gasteiger partial charge in [0.15, 0.2) is 0 Å². The van der Waals surface area contributed by atoms with Crippen LogP contribution < -0.4 is 15.8 Å². The van der Waals surface area contributed by atoms with Crippen molar-refractivity contribution in [2.24, 2.45) is 5.73 Å². The maximum Gasteiger partial charge on any atom is 0.254 e. The van der Waals surface area contributed by atoms with Gasteiger partial charge in [0.2, 0.25) is 5.88 Å². The van der Waals surface area contributed by atoms with Crippen molar-refractivity contribution in [2.75, 3.05) is 19.7 Å². The lowest BCUT2D eigenvalue weighted by molar-refractivity contribution is -0.0477. The lowest BCUT2D eigenvalue weighted by Crippen LogP contribution is -2.46. The van der Waals surface area contributed by atoms with Gasteiger partial charge in [0, 0.05) is 19.3 Å². The topological polar surface area (TPSA) is 86.5 Å². The number of aromatic nitrogens is 1. The largest absolute Gasteiger partial charge is 0.474 e. The van der Waals surface area contributed by atoms with E-state index in [2.05, 4.69) is 10.3 Å². The lowest BCUT2D eigenvalue weighted by Gasteiger charge is -2.28. The van der Waals surface area contributed by atoms with E-state index in [0.29, 0.717) is 12.2 Å². The van der Waals surface area contributed by atoms with E-state index < -0.39 is 5.91 Å². The highest BCUT2D eigenvalue weighted by molar-refractivity contribution is 5.96. The SMILES string of the molecule is Cc1ccnc(OCC2CNCC(C)O2)c1C(N)=O. The Morgan fingerprint density at radius 1 is 1.63 bits per heavy atom. The summed E-state index contributed by atoms with van der Waals surface area (Å²) in [5, 5.41) is 3.25. The molecule has 3 N–H and O–H groups in total. The standard InChI is InChI=1S/C13H19N3O3/c1-8-3-4-16-13(11(8)12(14)17)18-7-10-6-15-5-9(2)19-10/h3-4,9-10,15H,5-7H2,1-2H3,(H2,14,17). The van der Waals surface area contributed by atoms with Gasteiger partial charge >= 0.3 is 0 Å². The average Bonchev–Trinajstić information content (AvgIpc) is 2.36. The van der Waals surface area contributed by atoms with E-state index in [4.69, 9.17) is 15.2 Å². The molecule has 1 aliphatic rings. The highest BCUT2D eigenvalue weighted by atomic mass is 16.5. The molecule has 1 amide bonds. The predicted molar refractivity (Wildman–Crippen MR) is 70.2 cm³/mol. The zero-order valence-corrected chi connectivity index (χ0v) is 11.2. The van der Waals surface area contributed by atoms with E-state index in [9.17, 15) is 4.79 Å². The molecule has 0 bridgehead atoms. The minimum Gasteiger partial charge on any atom is -0.474 e. The first-order valence-electron chi connectivity index (χ1n) is 6.32. The van der Waals surface area contributed by atoms with E-state index in [0.717, 1.165) is 18.7 Å². The van der Waals surface area contributed by atoms with Crippen LogP contribution in [0, 0.1) is 6.92 Å². The highest BCUT2D eigenvalue weighted by Crippen LogP contribution is 2.19. The second-order valence-corrected chi connectivity index (χ2v) is 4.71. The number of hydrogen-bond donors (Lipinski definition) is 2. The Labute approximate surface area is 112 Å². The number of pyridine rings is 1. The van der Waals surface area contributed by atoms with Crippen LogP contribution in [0.2, 0.25) is 0 Å². The van der Waals surface area contributed by atoms with Crippen molar-refractivity contribution in [1.82, 2.24) is 10.3 Å². The Morgan fingerprint density at radius 2 is 2.42 bits per heavy atom. The zero-order chi connectivity index (χ0) is 13.8. The van der Waals surface area contributed by atoms with Crippen LogP contribution in [0.3, 0.4) is 0 Å². The van der Waals surface area contributed by atoms with Crippen LogP contribution in [-0.4, -0.2) is 42.8 Å². The number of nitrogens with one attached hydrogen (secondary N) is 1. The molecular weight excluding hydrogens is 246 g/mol. The number of hydrogen-bond acceptors (Lipinski definition) is 5. The molecule has 104 valence electrons. The van der Waals surface area contributed by atoms with Crippen molar-refractivity contribution < 1.29 is 14.3 Å². The summed E-state index contributed by atoms with van der Waals surface area (Å²) < 4.78 is 11.3. The Bertz CT molecular complexity index is 464. The smallest absolute Gasteiger partial charge is 0.254 e. The van der Waals surface area contributed by atoms with Crippen molar-refractivity contribution >= 4 is 5.91 Å². The fourth-order valence-electron chi connectivity index (χ4n) is 2.08. The van der Waals surface area contributed by atoms with Crippen molar-refractivity contribution in [2.45, 2.75) is 26.1 Å². The monoisotopic (exact) mass is 265 g/mol. The fraction of sp³-hybridized carbons (Fsp3) is 0.538. The van der Waals surface area contributed by atoms with Crippen molar-refractivity contribution in [3.63, 3.8) is 0 Å². The minimum atomic E-state index is -0.531. The quantitative estimate of drug-likeness (QED) is 0.814. The van der Waals surface area contributed by atoms with Crippen LogP contribution in [-0.2, 0) is 4.74 Å². The summed E-state index contributed by atoms with van der Waals surface area (Å²) in [5.74, 6) is -0.258. The van der Waals surface area contributed by atoms with E-state index in [1.807, 2.05) is 6.92 Å². The van der Waals surface area contributed by atoms with Crippen LogP contribution in [0.5, 0.6) is 5.88 Å². The maximum atomic E-state index is 11.4. The van der Waals surface area contributed by atoms with Crippen molar-refractivity contribution in [3.8, 4) is 5.88 Å². The molecule has 6 heteroatoms. The van der Waals surface area contributed by atoms with Crippen LogP contribution >= 0.6 is 0 Å². The second-order valence-electron chi connectivity index (χ2n) is 4.71. The first kappa shape index (κ1) is 13.8. The summed E-state index contributed by atoms with van der Waals surface area (Å²) in [6, 6.07) is 1.73. The van der Waals surface area contributed by atoms with Crippen LogP contribution in [0.15, 0.2) is 12.3 Å². The van der Waals surface area contributed by atoms with Crippen LogP contribution in [0.1, 0.15) is 22.8 Å². The van der Waals surface area contributed by atoms with Gasteiger partial charge in [-0.15, -0.1) is 0 Å². The predicted octanol–water partition coefficient (Wildman–Crippen LogP) is 0.245. The number of ether oxygens (including phenoxy) is 2. The number of carbonyl (C=O) groups excluding carboxylic acids is 1. The van der Waals surface area contributed by atoms with Gasteiger partial charge in [0.1, 0.15) is 18.3 Å². The fourth-order valence-corrected chi connectivity index (χ4v) is 2.08. The van der Waals surface area contributed by atoms with E-state index in [1.54, 1.807) is 19.2 Å². The first-order valence-corrected chi connectivity index (χ1v) is 6.32. The molecule has 6 nitrogen and oxygen atoms in total. The lowest BCUT2D eigenvalue weighted by atomic mass is 10.1. The Hall–Kier alpha value is -1.66. The van der Waals surface area contributed by atoms with Gasteiger partial charge in [0.05, 0.1) is 6.10 Å². The zero-order valence-electron chi connectivity index (χ0n) is 11.2. The first-order chi connectivity index (χ1) is 9.08. The molecule has 0 saturated carbocycles. The van der Waals surface area contributed by atoms with Crippen molar-refractivity contribution in [1.29, 1.82) is 0 Å². The van der Waals surface area contributed by atoms with Gasteiger partial charge in [0.25, 0.3) is 5.91 Å². The molecule has 2 atom stereocenters. The Morgan fingerprint density at radius 3 is 3.11 bits per heavy atom. The third-order valence-electron chi connectivity index (χ3n) is 3.01. The van der Waals surface area contributed by atoms with Gasteiger partial charge in [-0.2, -0.15) is 0 Å². The number of nitrogens with zero attached hydrogens (tertiary/aromatic N) is 1. The third kappa shape index (κ3) is 3.42. The molecule has 0 aromatic carbocycles. The number of aryl methyl sites for hydroxylation is 1. The van der Waals surface area contributed by atoms with Gasteiger partial charge in [-0.3, -0.25) is 4.79 Å². The van der Waals surface area contributed by atoms with Gasteiger partial charge in [-0.05, 0) is 25.5 Å². The molecule has 1 aromatic heterocycles. The van der Waals surface area contributed by atoms with Gasteiger partial charge in [-0.25, -0.2) is 4.98 Å². The Balaban J connectivity index is 2.03. The number of morpholine rings is 1. The molecule has 0 spiro atoms. The molecule has 2 rings (SSSR count). The second kappa shape index (κ2) is 5.99. The molecule has 1 aromatic rings. The summed E-state index contributed by atoms with van der Waals surface area (Å²) in [5.41, 5.74) is 6.43. The molecule has 19 heavy (non-hydrogen) atoms. The minimum absolute atomic E-state index is 0.0493.